The summed E-state index contributed by atoms with van der Waals surface area (Å²) in [5.74, 6) is 0.638. The maximum Gasteiger partial charge on any atom is 0.405 e. The number of nitrogens with zero attached hydrogens (tertiary/aromatic N) is 4. The van der Waals surface area contributed by atoms with E-state index in [0.717, 1.165) is 22.4 Å². The summed E-state index contributed by atoms with van der Waals surface area (Å²) < 4.78 is 43.0. The van der Waals surface area contributed by atoms with Crippen molar-refractivity contribution in [2.24, 2.45) is 0 Å². The van der Waals surface area contributed by atoms with Gasteiger partial charge in [0.05, 0.1) is 19.3 Å². The van der Waals surface area contributed by atoms with E-state index in [-0.39, 0.29) is 5.95 Å². The molecule has 0 saturated carbocycles. The van der Waals surface area contributed by atoms with E-state index in [9.17, 15) is 13.2 Å². The van der Waals surface area contributed by atoms with Crippen molar-refractivity contribution in [3.63, 3.8) is 0 Å². The standard InChI is InChI=1S/C21H18F3N5O/c1-30-17-4-2-14(3-5-17)18-12-29(16-6-8-25-9-7-16)11-15-10-26-20(28-19(15)18)27-13-21(22,23)24/h2-10,12H,11,13H2,1H3,(H,26,27,28). The summed E-state index contributed by atoms with van der Waals surface area (Å²) in [6.07, 6.45) is 2.54. The van der Waals surface area contributed by atoms with Crippen LogP contribution in [-0.4, -0.2) is 34.8 Å². The summed E-state index contributed by atoms with van der Waals surface area (Å²) in [4.78, 5) is 14.5. The summed E-state index contributed by atoms with van der Waals surface area (Å²) in [7, 11) is 1.58. The molecule has 3 aromatic rings. The van der Waals surface area contributed by atoms with Gasteiger partial charge in [-0.05, 0) is 29.8 Å². The van der Waals surface area contributed by atoms with Gasteiger partial charge in [0.25, 0.3) is 0 Å². The number of nitrogens with one attached hydrogen (secondary N) is 1. The zero-order valence-electron chi connectivity index (χ0n) is 16.0. The third kappa shape index (κ3) is 4.35. The molecule has 0 radical (unpaired) electrons. The summed E-state index contributed by atoms with van der Waals surface area (Å²) in [5, 5.41) is 2.25. The zero-order chi connectivity index (χ0) is 21.1. The molecule has 154 valence electrons. The van der Waals surface area contributed by atoms with Gasteiger partial charge in [-0.2, -0.15) is 13.2 Å². The molecule has 0 aliphatic carbocycles. The second kappa shape index (κ2) is 8.02. The number of hydrogen-bond acceptors (Lipinski definition) is 6. The average molecular weight is 413 g/mol. The minimum Gasteiger partial charge on any atom is -0.497 e. The van der Waals surface area contributed by atoms with E-state index >= 15 is 0 Å². The van der Waals surface area contributed by atoms with E-state index in [1.54, 1.807) is 25.7 Å². The minimum atomic E-state index is -4.36. The number of rotatable bonds is 5. The molecule has 3 heterocycles. The van der Waals surface area contributed by atoms with Crippen molar-refractivity contribution in [1.29, 1.82) is 0 Å². The topological polar surface area (TPSA) is 63.2 Å². The highest BCUT2D eigenvalue weighted by Crippen LogP contribution is 2.34. The SMILES string of the molecule is COc1ccc(C2=CN(c3ccncc3)Cc3cnc(NCC(F)(F)F)nc32)cc1. The maximum absolute atomic E-state index is 12.6. The molecule has 0 unspecified atom stereocenters. The number of hydrogen-bond donors (Lipinski definition) is 1. The lowest BCUT2D eigenvalue weighted by Crippen LogP contribution is -2.25. The largest absolute Gasteiger partial charge is 0.497 e. The summed E-state index contributed by atoms with van der Waals surface area (Å²) in [5.41, 5.74) is 3.95. The number of methoxy groups -OCH3 is 1. The molecule has 0 bridgehead atoms. The van der Waals surface area contributed by atoms with Crippen molar-refractivity contribution in [1.82, 2.24) is 15.0 Å². The molecule has 0 atom stereocenters. The Kier molecular flexibility index (Phi) is 5.26. The fourth-order valence-electron chi connectivity index (χ4n) is 3.15. The molecule has 1 aliphatic heterocycles. The molecule has 1 aromatic carbocycles. The molecule has 6 nitrogen and oxygen atoms in total. The smallest absolute Gasteiger partial charge is 0.405 e. The van der Waals surface area contributed by atoms with Crippen LogP contribution in [0.4, 0.5) is 24.8 Å². The number of anilines is 2. The zero-order valence-corrected chi connectivity index (χ0v) is 16.0. The van der Waals surface area contributed by atoms with Crippen LogP contribution in [0.5, 0.6) is 5.75 Å². The maximum atomic E-state index is 12.6. The lowest BCUT2D eigenvalue weighted by Gasteiger charge is -2.28. The van der Waals surface area contributed by atoms with Crippen LogP contribution in [0.25, 0.3) is 5.57 Å². The van der Waals surface area contributed by atoms with Crippen molar-refractivity contribution in [2.45, 2.75) is 12.7 Å². The molecule has 4 rings (SSSR count). The molecular formula is C21H18F3N5O. The number of alkyl halides is 3. The third-order valence-electron chi connectivity index (χ3n) is 4.59. The lowest BCUT2D eigenvalue weighted by molar-refractivity contribution is -0.115. The molecule has 0 amide bonds. The number of pyridine rings is 1. The van der Waals surface area contributed by atoms with Crippen molar-refractivity contribution in [2.75, 3.05) is 23.9 Å². The third-order valence-corrected chi connectivity index (χ3v) is 4.59. The number of ether oxygens (including phenoxy) is 1. The molecule has 30 heavy (non-hydrogen) atoms. The highest BCUT2D eigenvalue weighted by atomic mass is 19.4. The van der Waals surface area contributed by atoms with Gasteiger partial charge in [-0.3, -0.25) is 4.98 Å². The molecule has 1 aliphatic rings. The number of halogens is 3. The van der Waals surface area contributed by atoms with Crippen LogP contribution in [-0.2, 0) is 6.54 Å². The minimum absolute atomic E-state index is 0.0668. The van der Waals surface area contributed by atoms with Gasteiger partial charge in [-0.25, -0.2) is 9.97 Å². The van der Waals surface area contributed by atoms with Gasteiger partial charge in [0, 0.05) is 41.6 Å². The Balaban J connectivity index is 1.75. The Labute approximate surface area is 171 Å². The van der Waals surface area contributed by atoms with Crippen LogP contribution >= 0.6 is 0 Å². The Morgan fingerprint density at radius 2 is 1.83 bits per heavy atom. The Morgan fingerprint density at radius 1 is 1.10 bits per heavy atom. The van der Waals surface area contributed by atoms with Crippen LogP contribution in [0.1, 0.15) is 16.8 Å². The van der Waals surface area contributed by atoms with E-state index in [1.807, 2.05) is 47.5 Å². The van der Waals surface area contributed by atoms with E-state index in [1.165, 1.54) is 0 Å². The number of aromatic nitrogens is 3. The first-order chi connectivity index (χ1) is 14.4. The van der Waals surface area contributed by atoms with Crippen LogP contribution < -0.4 is 15.0 Å². The second-order valence-corrected chi connectivity index (χ2v) is 6.64. The molecule has 9 heteroatoms. The first-order valence-electron chi connectivity index (χ1n) is 9.13. The Morgan fingerprint density at radius 3 is 2.50 bits per heavy atom. The molecular weight excluding hydrogens is 395 g/mol. The predicted octanol–water partition coefficient (Wildman–Crippen LogP) is 4.26. The van der Waals surface area contributed by atoms with Gasteiger partial charge in [-0.1, -0.05) is 12.1 Å². The Hall–Kier alpha value is -3.62. The molecule has 0 saturated heterocycles. The second-order valence-electron chi connectivity index (χ2n) is 6.64. The Bertz CT molecular complexity index is 1050. The van der Waals surface area contributed by atoms with Crippen molar-refractivity contribution in [3.8, 4) is 5.75 Å². The summed E-state index contributed by atoms with van der Waals surface area (Å²) >= 11 is 0. The van der Waals surface area contributed by atoms with Gasteiger partial charge in [-0.15, -0.1) is 0 Å². The van der Waals surface area contributed by atoms with Gasteiger partial charge >= 0.3 is 6.18 Å². The normalized spacial score (nSPS) is 13.5. The van der Waals surface area contributed by atoms with Crippen LogP contribution in [0.15, 0.2) is 61.2 Å². The van der Waals surface area contributed by atoms with E-state index in [0.29, 0.717) is 18.0 Å². The molecule has 0 fully saturated rings. The van der Waals surface area contributed by atoms with Crippen molar-refractivity contribution < 1.29 is 17.9 Å². The fraction of sp³-hybridized carbons (Fsp3) is 0.190. The highest BCUT2D eigenvalue weighted by Gasteiger charge is 2.28. The first-order valence-corrected chi connectivity index (χ1v) is 9.13. The van der Waals surface area contributed by atoms with E-state index < -0.39 is 12.7 Å². The van der Waals surface area contributed by atoms with Crippen LogP contribution in [0.2, 0.25) is 0 Å². The van der Waals surface area contributed by atoms with E-state index in [2.05, 4.69) is 20.3 Å². The number of benzene rings is 1. The fourth-order valence-corrected chi connectivity index (χ4v) is 3.15. The van der Waals surface area contributed by atoms with Crippen LogP contribution in [0, 0.1) is 0 Å². The highest BCUT2D eigenvalue weighted by molar-refractivity contribution is 5.83. The molecule has 0 spiro atoms. The van der Waals surface area contributed by atoms with Crippen LogP contribution in [0.3, 0.4) is 0 Å². The van der Waals surface area contributed by atoms with Gasteiger partial charge in [0.2, 0.25) is 5.95 Å². The number of fused-ring (bicyclic) bond motifs is 1. The summed E-state index contributed by atoms with van der Waals surface area (Å²) in [6.45, 7) is -0.713. The quantitative estimate of drug-likeness (QED) is 0.674. The monoisotopic (exact) mass is 413 g/mol. The van der Waals surface area contributed by atoms with Crippen molar-refractivity contribution >= 4 is 17.2 Å². The molecule has 2 aromatic heterocycles. The van der Waals surface area contributed by atoms with E-state index in [4.69, 9.17) is 4.74 Å². The predicted molar refractivity (Wildman–Crippen MR) is 107 cm³/mol. The lowest BCUT2D eigenvalue weighted by atomic mass is 9.97. The summed E-state index contributed by atoms with van der Waals surface area (Å²) in [6, 6.07) is 11.2. The van der Waals surface area contributed by atoms with Crippen molar-refractivity contribution in [3.05, 3.63) is 78.0 Å². The first kappa shape index (κ1) is 19.7. The van der Waals surface area contributed by atoms with Gasteiger partial charge in [0.15, 0.2) is 0 Å². The van der Waals surface area contributed by atoms with Gasteiger partial charge in [0.1, 0.15) is 12.3 Å². The van der Waals surface area contributed by atoms with Gasteiger partial charge < -0.3 is 15.0 Å². The average Bonchev–Trinajstić information content (AvgIpc) is 2.77. The molecule has 1 N–H and O–H groups in total.